The first-order chi connectivity index (χ1) is 65.1. The van der Waals surface area contributed by atoms with Gasteiger partial charge in [0.05, 0.1) is 21.6 Å². The van der Waals surface area contributed by atoms with E-state index < -0.39 is 34.0 Å². The van der Waals surface area contributed by atoms with Gasteiger partial charge in [-0.05, 0) is 125 Å². The Kier molecular flexibility index (Phi) is 25.0. The van der Waals surface area contributed by atoms with Crippen LogP contribution in [0.5, 0.6) is 0 Å². The van der Waals surface area contributed by atoms with E-state index in [1.165, 1.54) is 4.70 Å². The fourth-order valence-corrected chi connectivity index (χ4v) is 19.9. The summed E-state index contributed by atoms with van der Waals surface area (Å²) in [5.41, 5.74) is 21.7. The second-order valence-corrected chi connectivity index (χ2v) is 34.1. The van der Waals surface area contributed by atoms with Crippen molar-refractivity contribution in [3.05, 3.63) is 579 Å². The number of hydrogen-bond acceptors (Lipinski definition) is 13. The van der Waals surface area contributed by atoms with E-state index in [0.29, 0.717) is 40.4 Å². The Hall–Kier alpha value is -16.3. The molecule has 640 valence electrons. The highest BCUT2D eigenvalue weighted by Gasteiger charge is 2.46. The molecule has 0 aliphatic heterocycles. The van der Waals surface area contributed by atoms with Crippen LogP contribution in [0.25, 0.3) is 32.5 Å². The maximum absolute atomic E-state index is 12.8. The molecule has 0 unspecified atom stereocenters. The van der Waals surface area contributed by atoms with Crippen molar-refractivity contribution >= 4 is 79.8 Å². The van der Waals surface area contributed by atoms with Crippen LogP contribution in [-0.2, 0) is 33.4 Å². The number of carbonyl (C=O) groups is 1. The standard InChI is InChI=1S/C58H44N6S.C52H41N5O2.C6H7NS/c1-8-24-42(25-9-1)49(41-54-59-51-38-22-23-39-52(51)65-54)50-40-53(61-57(43-26-10-2-11-27-43,44-28-12-3-13-29-44)45-30-14-4-15-31-45)60-56-55(50)62-63-64(56)58(46-32-16-5-17-33-46,47-34-18-6-19-35-47)48-36-20-7-21-37-48;58-48(59)37-45(38-22-8-1-9-23-38)46-36-47(54-51(39-24-10-2-11-25-39,40-26-12-3-13-27-40)41-28-14-4-15-29-41)53-50-49(46)55-56-57(50)52(42-30-16-5-17-31-42,43-32-18-6-19-33-43)44-34-20-7-21-35-44;7-5-3-1-2-4-6(5)8/h1-40,49H,41H2,(H,60,61);1-36,45H,37H2,(H,53,54)(H,58,59);1-4,8H,7H2/t49-;45-;/m11./s1. The van der Waals surface area contributed by atoms with Crippen molar-refractivity contribution in [3.8, 4) is 0 Å². The van der Waals surface area contributed by atoms with Gasteiger partial charge >= 0.3 is 5.97 Å². The van der Waals surface area contributed by atoms with E-state index in [-0.39, 0.29) is 12.3 Å². The minimum Gasteiger partial charge on any atom is -0.481 e. The van der Waals surface area contributed by atoms with Crippen LogP contribution >= 0.6 is 24.0 Å². The van der Waals surface area contributed by atoms with E-state index in [1.54, 1.807) is 11.3 Å². The number of fused-ring (bicyclic) bond motifs is 3. The van der Waals surface area contributed by atoms with Gasteiger partial charge in [-0.3, -0.25) is 4.79 Å². The average Bonchev–Trinajstić information content (AvgIpc) is 1.49. The zero-order chi connectivity index (χ0) is 89.5. The first-order valence-corrected chi connectivity index (χ1v) is 45.3. The number of thiazole rings is 1. The molecule has 0 bridgehead atoms. The van der Waals surface area contributed by atoms with Crippen LogP contribution in [0.2, 0.25) is 0 Å². The number of nitrogens with two attached hydrogens (primary N) is 1. The summed E-state index contributed by atoms with van der Waals surface area (Å²) in [7, 11) is 0. The predicted molar refractivity (Wildman–Crippen MR) is 536 cm³/mol. The van der Waals surface area contributed by atoms with Gasteiger partial charge in [0.15, 0.2) is 11.3 Å². The van der Waals surface area contributed by atoms with Crippen molar-refractivity contribution in [1.82, 2.24) is 44.9 Å². The normalized spacial score (nSPS) is 12.1. The Morgan fingerprint density at radius 1 is 0.333 bits per heavy atom. The van der Waals surface area contributed by atoms with E-state index in [9.17, 15) is 9.90 Å². The second kappa shape index (κ2) is 38.7. The summed E-state index contributed by atoms with van der Waals surface area (Å²) in [5.74, 6) is -0.454. The van der Waals surface area contributed by atoms with Crippen molar-refractivity contribution in [2.75, 3.05) is 16.4 Å². The molecule has 5 N–H and O–H groups in total. The van der Waals surface area contributed by atoms with E-state index in [0.717, 1.165) is 110 Å². The number of nitrogen functional groups attached to an aromatic ring is 1. The van der Waals surface area contributed by atoms with Crippen molar-refractivity contribution in [2.45, 2.75) is 51.7 Å². The van der Waals surface area contributed by atoms with Crippen LogP contribution in [0.1, 0.15) is 112 Å². The van der Waals surface area contributed by atoms with Crippen LogP contribution in [0, 0.1) is 0 Å². The summed E-state index contributed by atoms with van der Waals surface area (Å²) in [6.45, 7) is 0. The SMILES string of the molecule is Nc1ccccc1S.O=C(O)C[C@H](c1ccccc1)c1cc(NC(c2ccccc2)(c2ccccc2)c2ccccc2)nc2c1nnn2C(c1ccccc1)(c1ccccc1)c1ccccc1.c1ccc([C@@H](Cc2nc3ccccc3s2)c2cc(NC(c3ccccc3)(c3ccccc3)c3ccccc3)nc3c2nnn3C(c2ccccc2)(c2ccccc2)c2ccccc2)cc1. The first kappa shape index (κ1) is 85.2. The zero-order valence-corrected chi connectivity index (χ0v) is 73.8. The number of anilines is 3. The summed E-state index contributed by atoms with van der Waals surface area (Å²) in [6, 6.07) is 166. The average molecular weight is 1750 g/mol. The molecule has 0 radical (unpaired) electrons. The largest absolute Gasteiger partial charge is 0.481 e. The van der Waals surface area contributed by atoms with Crippen molar-refractivity contribution in [3.63, 3.8) is 0 Å². The number of aromatic nitrogens is 9. The summed E-state index contributed by atoms with van der Waals surface area (Å²) >= 11 is 5.82. The monoisotopic (exact) mass is 1750 g/mol. The first-order valence-electron chi connectivity index (χ1n) is 44.1. The number of thiol groups is 1. The summed E-state index contributed by atoms with van der Waals surface area (Å²) in [4.78, 5) is 30.1. The molecule has 0 amide bonds. The van der Waals surface area contributed by atoms with Crippen LogP contribution in [-0.4, -0.2) is 56.0 Å². The molecule has 0 saturated heterocycles. The molecule has 21 rings (SSSR count). The molecule has 16 aromatic carbocycles. The Bertz CT molecular complexity index is 6930. The third kappa shape index (κ3) is 16.8. The maximum atomic E-state index is 12.8. The van der Waals surface area contributed by atoms with Crippen LogP contribution in [0.4, 0.5) is 17.3 Å². The molecule has 0 saturated carbocycles. The Labute approximate surface area is 776 Å². The number of nitrogens with one attached hydrogen (secondary N) is 2. The Morgan fingerprint density at radius 3 is 0.886 bits per heavy atom. The van der Waals surface area contributed by atoms with Gasteiger partial charge in [-0.25, -0.2) is 24.3 Å². The van der Waals surface area contributed by atoms with Crippen molar-refractivity contribution in [1.29, 1.82) is 0 Å². The zero-order valence-electron chi connectivity index (χ0n) is 72.1. The topological polar surface area (TPSA) is 187 Å². The number of rotatable bonds is 26. The molecule has 5 heterocycles. The lowest BCUT2D eigenvalue weighted by Gasteiger charge is -2.38. The van der Waals surface area contributed by atoms with E-state index in [1.807, 2.05) is 175 Å². The number of benzene rings is 16. The molecule has 2 atom stereocenters. The Morgan fingerprint density at radius 2 is 0.598 bits per heavy atom. The quantitative estimate of drug-likeness (QED) is 0.0196. The van der Waals surface area contributed by atoms with Gasteiger partial charge in [0, 0.05) is 28.8 Å². The summed E-state index contributed by atoms with van der Waals surface area (Å²) < 4.78 is 5.15. The van der Waals surface area contributed by atoms with E-state index in [2.05, 4.69) is 343 Å². The number of carboxylic acids is 1. The van der Waals surface area contributed by atoms with E-state index in [4.69, 9.17) is 41.3 Å². The number of nitrogens with zero attached hydrogens (tertiary/aromatic N) is 9. The van der Waals surface area contributed by atoms with Crippen LogP contribution < -0.4 is 16.4 Å². The molecule has 0 fully saturated rings. The minimum absolute atomic E-state index is 0.160. The molecule has 0 aliphatic rings. The summed E-state index contributed by atoms with van der Waals surface area (Å²) in [5, 5.41) is 40.2. The van der Waals surface area contributed by atoms with Crippen molar-refractivity contribution < 1.29 is 9.90 Å². The second-order valence-electron chi connectivity index (χ2n) is 32.5. The highest BCUT2D eigenvalue weighted by molar-refractivity contribution is 7.80. The van der Waals surface area contributed by atoms with Gasteiger partial charge < -0.3 is 21.5 Å². The fraction of sp³-hybridized carbons (Fsp3) is 0.0690. The van der Waals surface area contributed by atoms with E-state index >= 15 is 0 Å². The van der Waals surface area contributed by atoms with Gasteiger partial charge in [0.25, 0.3) is 0 Å². The number of pyridine rings is 2. The minimum atomic E-state index is -1.04. The molecule has 0 spiro atoms. The molecule has 132 heavy (non-hydrogen) atoms. The lowest BCUT2D eigenvalue weighted by molar-refractivity contribution is -0.137. The smallest absolute Gasteiger partial charge is 0.304 e. The molecule has 16 heteroatoms. The van der Waals surface area contributed by atoms with Crippen LogP contribution in [0.15, 0.2) is 490 Å². The van der Waals surface area contributed by atoms with Crippen LogP contribution in [0.3, 0.4) is 0 Å². The summed E-state index contributed by atoms with van der Waals surface area (Å²) in [6.07, 6.45) is 0.481. The number of para-hydroxylation sites is 2. The van der Waals surface area contributed by atoms with Gasteiger partial charge in [-0.2, -0.15) is 0 Å². The lowest BCUT2D eigenvalue weighted by Crippen LogP contribution is -2.39. The fourth-order valence-electron chi connectivity index (χ4n) is 18.7. The van der Waals surface area contributed by atoms with Crippen molar-refractivity contribution in [2.24, 2.45) is 0 Å². The maximum Gasteiger partial charge on any atom is 0.304 e. The third-order valence-electron chi connectivity index (χ3n) is 24.7. The van der Waals surface area contributed by atoms with Gasteiger partial charge in [-0.1, -0.05) is 459 Å². The highest BCUT2D eigenvalue weighted by atomic mass is 32.1. The lowest BCUT2D eigenvalue weighted by atomic mass is 9.76. The molecule has 0 aliphatic carbocycles. The number of hydrogen-bond donors (Lipinski definition) is 5. The highest BCUT2D eigenvalue weighted by Crippen LogP contribution is 2.49. The number of carboxylic acid groups (broad SMARTS) is 1. The van der Waals surface area contributed by atoms with Gasteiger partial charge in [0.2, 0.25) is 0 Å². The van der Waals surface area contributed by atoms with Gasteiger partial charge in [0.1, 0.15) is 44.8 Å². The predicted octanol–water partition coefficient (Wildman–Crippen LogP) is 25.3. The molecular formula is C116H92N12O2S2. The number of aliphatic carboxylic acids is 1. The molecule has 21 aromatic rings. The molecule has 14 nitrogen and oxygen atoms in total. The van der Waals surface area contributed by atoms with Gasteiger partial charge in [-0.15, -0.1) is 34.2 Å². The third-order valence-corrected chi connectivity index (χ3v) is 26.2. The molecule has 5 aromatic heterocycles. The Balaban J connectivity index is 0.000000158. The molecular weight excluding hydrogens is 1660 g/mol.